The van der Waals surface area contributed by atoms with Crippen molar-refractivity contribution in [2.24, 2.45) is 23.2 Å². The molecule has 35 heavy (non-hydrogen) atoms. The number of aliphatic hydroxyl groups is 3. The molecular weight excluding hydrogens is 452 g/mol. The summed E-state index contributed by atoms with van der Waals surface area (Å²) in [6.45, 7) is 12.7. The van der Waals surface area contributed by atoms with Gasteiger partial charge in [-0.1, -0.05) is 50.3 Å². The smallest absolute Gasteiger partial charge is 0.0840 e. The van der Waals surface area contributed by atoms with E-state index in [1.807, 2.05) is 37.7 Å². The van der Waals surface area contributed by atoms with Gasteiger partial charge in [0.2, 0.25) is 0 Å². The van der Waals surface area contributed by atoms with Crippen molar-refractivity contribution in [2.45, 2.75) is 95.3 Å². The second kappa shape index (κ2) is 10.6. The van der Waals surface area contributed by atoms with E-state index in [1.165, 1.54) is 30.6 Å². The van der Waals surface area contributed by atoms with Crippen LogP contribution in [0.4, 0.5) is 0 Å². The molecule has 3 N–H and O–H groups in total. The number of hydrogen-bond donors (Lipinski definition) is 3. The molecule has 4 rings (SSSR count). The number of allylic oxidation sites excluding steroid dienone is 3. The lowest BCUT2D eigenvalue weighted by molar-refractivity contribution is 0.0785. The third-order valence-electron chi connectivity index (χ3n) is 9.06. The third kappa shape index (κ3) is 5.82. The van der Waals surface area contributed by atoms with Crippen LogP contribution in [0.25, 0.3) is 0 Å². The Hall–Kier alpha value is -1.33. The molecule has 1 aromatic rings. The molecule has 3 aliphatic carbocycles. The number of aliphatic hydroxyl groups excluding tert-OH is 2. The first kappa shape index (κ1) is 26.7. The molecule has 0 radical (unpaired) electrons. The van der Waals surface area contributed by atoms with Gasteiger partial charge in [-0.3, -0.25) is 0 Å². The average molecular weight is 497 g/mol. The Morgan fingerprint density at radius 3 is 2.57 bits per heavy atom. The summed E-state index contributed by atoms with van der Waals surface area (Å²) in [7, 11) is 0. The van der Waals surface area contributed by atoms with Crippen LogP contribution in [0.3, 0.4) is 0 Å². The van der Waals surface area contributed by atoms with Gasteiger partial charge in [-0.25, -0.2) is 0 Å². The van der Waals surface area contributed by atoms with Crippen LogP contribution in [-0.2, 0) is 5.60 Å². The number of fused-ring (bicyclic) bond motifs is 1. The van der Waals surface area contributed by atoms with Gasteiger partial charge in [0.1, 0.15) is 0 Å². The van der Waals surface area contributed by atoms with Crippen LogP contribution in [0.15, 0.2) is 64.6 Å². The van der Waals surface area contributed by atoms with E-state index in [1.54, 1.807) is 5.57 Å². The lowest BCUT2D eigenvalue weighted by Gasteiger charge is -2.44. The van der Waals surface area contributed by atoms with E-state index < -0.39 is 17.8 Å². The minimum atomic E-state index is -0.796. The highest BCUT2D eigenvalue weighted by molar-refractivity contribution is 7.99. The minimum Gasteiger partial charge on any atom is -0.393 e. The summed E-state index contributed by atoms with van der Waals surface area (Å²) < 4.78 is 0. The Bertz CT molecular complexity index is 970. The normalized spacial score (nSPS) is 34.9. The lowest BCUT2D eigenvalue weighted by Crippen LogP contribution is -2.36. The molecule has 0 spiro atoms. The lowest BCUT2D eigenvalue weighted by atomic mass is 9.61. The summed E-state index contributed by atoms with van der Waals surface area (Å²) in [6, 6.07) is 8.38. The van der Waals surface area contributed by atoms with Crippen LogP contribution in [0.1, 0.15) is 78.2 Å². The SMILES string of the molecule is C=C1/C(=C\C=C2/CCC[C@@]3(C)C2CCC3[C@@H](C)CSc2ccc(C(C)(C)O)cc2)C[C@@H](O)C[C@@H]1O. The van der Waals surface area contributed by atoms with Crippen molar-refractivity contribution in [3.63, 3.8) is 0 Å². The summed E-state index contributed by atoms with van der Waals surface area (Å²) in [5.74, 6) is 3.11. The highest BCUT2D eigenvalue weighted by Gasteiger charge is 2.50. The van der Waals surface area contributed by atoms with Crippen LogP contribution in [0.5, 0.6) is 0 Å². The monoisotopic (exact) mass is 496 g/mol. The highest BCUT2D eigenvalue weighted by atomic mass is 32.2. The molecule has 2 unspecified atom stereocenters. The van der Waals surface area contributed by atoms with Gasteiger partial charge < -0.3 is 15.3 Å². The molecule has 3 nitrogen and oxygen atoms in total. The van der Waals surface area contributed by atoms with Crippen LogP contribution in [0, 0.1) is 23.2 Å². The predicted octanol–water partition coefficient (Wildman–Crippen LogP) is 6.78. The molecule has 3 aliphatic rings. The summed E-state index contributed by atoms with van der Waals surface area (Å²) in [6.07, 6.45) is 10.6. The standard InChI is InChI=1S/C31H44O3S/c1-20(19-35-26-12-10-24(11-13-26)30(3,4)34)27-14-15-28-22(7-6-16-31(27,28)5)8-9-23-17-25(32)18-29(33)21(23)2/h8-13,20,25,27-29,32-34H,2,6-7,14-19H2,1,3-5H3/b22-8+,23-9-/t20-,25+,27?,28?,29-,31+/m0/s1. The largest absolute Gasteiger partial charge is 0.393 e. The maximum Gasteiger partial charge on any atom is 0.0840 e. The third-order valence-corrected chi connectivity index (χ3v) is 10.4. The average Bonchev–Trinajstić information content (AvgIpc) is 3.16. The molecule has 6 atom stereocenters. The van der Waals surface area contributed by atoms with E-state index in [0.717, 1.165) is 34.8 Å². The Morgan fingerprint density at radius 2 is 1.89 bits per heavy atom. The van der Waals surface area contributed by atoms with E-state index in [9.17, 15) is 15.3 Å². The maximum atomic E-state index is 10.2. The van der Waals surface area contributed by atoms with Crippen molar-refractivity contribution in [1.29, 1.82) is 0 Å². The zero-order chi connectivity index (χ0) is 25.4. The molecule has 1 aromatic carbocycles. The van der Waals surface area contributed by atoms with Crippen molar-refractivity contribution in [1.82, 2.24) is 0 Å². The van der Waals surface area contributed by atoms with Gasteiger partial charge in [0.05, 0.1) is 17.8 Å². The Morgan fingerprint density at radius 1 is 1.17 bits per heavy atom. The van der Waals surface area contributed by atoms with E-state index in [2.05, 4.69) is 44.7 Å². The van der Waals surface area contributed by atoms with E-state index in [0.29, 0.717) is 30.1 Å². The summed E-state index contributed by atoms with van der Waals surface area (Å²) in [4.78, 5) is 1.28. The number of hydrogen-bond acceptors (Lipinski definition) is 4. The first-order chi connectivity index (χ1) is 16.5. The van der Waals surface area contributed by atoms with Crippen LogP contribution in [0.2, 0.25) is 0 Å². The molecule has 0 aromatic heterocycles. The quantitative estimate of drug-likeness (QED) is 0.380. The first-order valence-electron chi connectivity index (χ1n) is 13.4. The van der Waals surface area contributed by atoms with Gasteiger partial charge in [0.25, 0.3) is 0 Å². The van der Waals surface area contributed by atoms with Gasteiger partial charge in [-0.15, -0.1) is 11.8 Å². The van der Waals surface area contributed by atoms with Crippen molar-refractivity contribution in [3.8, 4) is 0 Å². The molecule has 0 amide bonds. The van der Waals surface area contributed by atoms with Gasteiger partial charge in [-0.2, -0.15) is 0 Å². The Balaban J connectivity index is 1.42. The van der Waals surface area contributed by atoms with Gasteiger partial charge in [-0.05, 0) is 104 Å². The molecule has 0 bridgehead atoms. The summed E-state index contributed by atoms with van der Waals surface area (Å²) in [5, 5.41) is 30.5. The topological polar surface area (TPSA) is 60.7 Å². The van der Waals surface area contributed by atoms with Crippen molar-refractivity contribution >= 4 is 11.8 Å². The Kier molecular flexibility index (Phi) is 8.07. The van der Waals surface area contributed by atoms with Crippen LogP contribution >= 0.6 is 11.8 Å². The fraction of sp³-hybridized carbons (Fsp3) is 0.613. The fourth-order valence-corrected chi connectivity index (χ4v) is 8.00. The number of rotatable bonds is 6. The zero-order valence-corrected chi connectivity index (χ0v) is 22.8. The van der Waals surface area contributed by atoms with E-state index >= 15 is 0 Å². The van der Waals surface area contributed by atoms with Crippen molar-refractivity contribution < 1.29 is 15.3 Å². The first-order valence-corrected chi connectivity index (χ1v) is 14.4. The molecule has 0 heterocycles. The number of thioether (sulfide) groups is 1. The molecule has 0 saturated heterocycles. The zero-order valence-electron chi connectivity index (χ0n) is 22.0. The van der Waals surface area contributed by atoms with Crippen LogP contribution in [-0.4, -0.2) is 33.3 Å². The van der Waals surface area contributed by atoms with Crippen molar-refractivity contribution in [2.75, 3.05) is 5.75 Å². The maximum absolute atomic E-state index is 10.2. The predicted molar refractivity (Wildman–Crippen MR) is 146 cm³/mol. The van der Waals surface area contributed by atoms with E-state index in [-0.39, 0.29) is 0 Å². The van der Waals surface area contributed by atoms with Gasteiger partial charge in [0.15, 0.2) is 0 Å². The van der Waals surface area contributed by atoms with E-state index in [4.69, 9.17) is 0 Å². The van der Waals surface area contributed by atoms with Crippen molar-refractivity contribution in [3.05, 3.63) is 65.3 Å². The molecule has 3 saturated carbocycles. The second-order valence-electron chi connectivity index (χ2n) is 12.0. The summed E-state index contributed by atoms with van der Waals surface area (Å²) in [5.41, 5.74) is 3.84. The molecule has 4 heteroatoms. The van der Waals surface area contributed by atoms with Gasteiger partial charge in [0, 0.05) is 17.1 Å². The molecule has 192 valence electrons. The van der Waals surface area contributed by atoms with Crippen LogP contribution < -0.4 is 0 Å². The number of benzene rings is 1. The molecule has 3 fully saturated rings. The molecular formula is C31H44O3S. The highest BCUT2D eigenvalue weighted by Crippen LogP contribution is 2.59. The minimum absolute atomic E-state index is 0.343. The fourth-order valence-electron chi connectivity index (χ4n) is 6.98. The molecule has 0 aliphatic heterocycles. The summed E-state index contributed by atoms with van der Waals surface area (Å²) >= 11 is 1.94. The second-order valence-corrected chi connectivity index (χ2v) is 13.1. The Labute approximate surface area is 216 Å². The van der Waals surface area contributed by atoms with Gasteiger partial charge >= 0.3 is 0 Å².